The van der Waals surface area contributed by atoms with E-state index in [9.17, 15) is 0 Å². The average Bonchev–Trinajstić information content (AvgIpc) is 3.01. The van der Waals surface area contributed by atoms with E-state index in [0.717, 1.165) is 37.6 Å². The maximum absolute atomic E-state index is 5.64. The molecule has 0 aliphatic rings. The lowest BCUT2D eigenvalue weighted by Crippen LogP contribution is -2.19. The third-order valence-electron chi connectivity index (χ3n) is 3.15. The zero-order valence-corrected chi connectivity index (χ0v) is 12.1. The normalized spacial score (nSPS) is 12.3. The molecule has 0 saturated heterocycles. The van der Waals surface area contributed by atoms with E-state index in [0.29, 0.717) is 0 Å². The molecule has 1 atom stereocenters. The molecule has 0 fully saturated rings. The van der Waals surface area contributed by atoms with E-state index < -0.39 is 0 Å². The largest absolute Gasteiger partial charge is 0.494 e. The van der Waals surface area contributed by atoms with Gasteiger partial charge in [-0.2, -0.15) is 5.10 Å². The van der Waals surface area contributed by atoms with Gasteiger partial charge in [0.15, 0.2) is 0 Å². The molecule has 0 bridgehead atoms. The third-order valence-corrected chi connectivity index (χ3v) is 3.15. The number of nitrogens with one attached hydrogen (secondary N) is 2. The third kappa shape index (κ3) is 4.35. The summed E-state index contributed by atoms with van der Waals surface area (Å²) in [4.78, 5) is 4.14. The zero-order chi connectivity index (χ0) is 14.2. The Balaban J connectivity index is 1.78. The monoisotopic (exact) mass is 274 g/mol. The van der Waals surface area contributed by atoms with Crippen LogP contribution in [0.15, 0.2) is 30.6 Å². The summed E-state index contributed by atoms with van der Waals surface area (Å²) in [5.41, 5.74) is 1.22. The van der Waals surface area contributed by atoms with Gasteiger partial charge in [-0.05, 0) is 31.0 Å². The minimum Gasteiger partial charge on any atom is -0.494 e. The predicted octanol–water partition coefficient (Wildman–Crippen LogP) is 2.83. The quantitative estimate of drug-likeness (QED) is 0.727. The van der Waals surface area contributed by atoms with Gasteiger partial charge in [-0.1, -0.05) is 25.5 Å². The summed E-state index contributed by atoms with van der Waals surface area (Å²) < 4.78 is 5.64. The predicted molar refractivity (Wildman–Crippen MR) is 78.5 cm³/mol. The highest BCUT2D eigenvalue weighted by molar-refractivity contribution is 5.27. The number of aromatic nitrogens is 3. The molecule has 1 aromatic carbocycles. The number of H-pyrrole nitrogens is 1. The summed E-state index contributed by atoms with van der Waals surface area (Å²) in [5.74, 6) is 1.79. The fourth-order valence-corrected chi connectivity index (χ4v) is 1.83. The van der Waals surface area contributed by atoms with E-state index >= 15 is 0 Å². The lowest BCUT2D eigenvalue weighted by Gasteiger charge is -2.11. The van der Waals surface area contributed by atoms with Gasteiger partial charge < -0.3 is 10.1 Å². The van der Waals surface area contributed by atoms with Crippen LogP contribution in [0.2, 0.25) is 0 Å². The zero-order valence-electron chi connectivity index (χ0n) is 12.1. The van der Waals surface area contributed by atoms with Gasteiger partial charge in [0.05, 0.1) is 12.6 Å². The van der Waals surface area contributed by atoms with Crippen LogP contribution < -0.4 is 10.1 Å². The number of nitrogens with zero attached hydrogens (tertiary/aromatic N) is 2. The van der Waals surface area contributed by atoms with Crippen molar-refractivity contribution in [2.45, 2.75) is 39.3 Å². The molecule has 2 rings (SSSR count). The summed E-state index contributed by atoms with van der Waals surface area (Å²) in [6.07, 6.45) is 3.77. The number of ether oxygens (including phenoxy) is 1. The second-order valence-electron chi connectivity index (χ2n) is 4.82. The van der Waals surface area contributed by atoms with E-state index in [1.807, 2.05) is 12.1 Å². The van der Waals surface area contributed by atoms with Crippen molar-refractivity contribution >= 4 is 0 Å². The fourth-order valence-electron chi connectivity index (χ4n) is 1.83. The molecule has 108 valence electrons. The van der Waals surface area contributed by atoms with Gasteiger partial charge in [-0.15, -0.1) is 0 Å². The number of hydrogen-bond acceptors (Lipinski definition) is 4. The van der Waals surface area contributed by atoms with Gasteiger partial charge in [-0.3, -0.25) is 5.10 Å². The molecule has 20 heavy (non-hydrogen) atoms. The molecule has 1 unspecified atom stereocenters. The lowest BCUT2D eigenvalue weighted by molar-refractivity contribution is 0.309. The molecular weight excluding hydrogens is 252 g/mol. The molecule has 0 aliphatic carbocycles. The van der Waals surface area contributed by atoms with Crippen LogP contribution in [0.25, 0.3) is 0 Å². The van der Waals surface area contributed by atoms with Crippen LogP contribution >= 0.6 is 0 Å². The molecule has 5 nitrogen and oxygen atoms in total. The Labute approximate surface area is 119 Å². The van der Waals surface area contributed by atoms with E-state index in [4.69, 9.17) is 4.74 Å². The SMILES string of the molecule is CCCCOc1ccc(CNC(C)c2ncn[nH]2)cc1. The molecule has 2 N–H and O–H groups in total. The van der Waals surface area contributed by atoms with Crippen LogP contribution in [0, 0.1) is 0 Å². The maximum Gasteiger partial charge on any atom is 0.141 e. The fraction of sp³-hybridized carbons (Fsp3) is 0.467. The van der Waals surface area contributed by atoms with E-state index in [-0.39, 0.29) is 6.04 Å². The molecule has 2 aromatic rings. The first-order chi connectivity index (χ1) is 9.79. The molecule has 0 amide bonds. The molecule has 5 heteroatoms. The smallest absolute Gasteiger partial charge is 0.141 e. The summed E-state index contributed by atoms with van der Waals surface area (Å²) >= 11 is 0. The van der Waals surface area contributed by atoms with Crippen LogP contribution in [0.3, 0.4) is 0 Å². The second-order valence-corrected chi connectivity index (χ2v) is 4.82. The van der Waals surface area contributed by atoms with Crippen molar-refractivity contribution in [3.8, 4) is 5.75 Å². The first-order valence-electron chi connectivity index (χ1n) is 7.10. The van der Waals surface area contributed by atoms with Crippen LogP contribution in [0.1, 0.15) is 44.1 Å². The van der Waals surface area contributed by atoms with Gasteiger partial charge in [0.2, 0.25) is 0 Å². The summed E-state index contributed by atoms with van der Waals surface area (Å²) in [7, 11) is 0. The van der Waals surface area contributed by atoms with Crippen molar-refractivity contribution in [3.05, 3.63) is 42.0 Å². The van der Waals surface area contributed by atoms with Crippen LogP contribution in [0.4, 0.5) is 0 Å². The summed E-state index contributed by atoms with van der Waals surface area (Å²) in [6.45, 7) is 5.80. The van der Waals surface area contributed by atoms with Gasteiger partial charge in [0.1, 0.15) is 17.9 Å². The van der Waals surface area contributed by atoms with E-state index in [1.165, 1.54) is 11.9 Å². The van der Waals surface area contributed by atoms with Crippen LogP contribution in [0.5, 0.6) is 5.75 Å². The minimum absolute atomic E-state index is 0.151. The molecule has 0 radical (unpaired) electrons. The second kappa shape index (κ2) is 7.65. The molecule has 0 spiro atoms. The minimum atomic E-state index is 0.151. The van der Waals surface area contributed by atoms with Crippen molar-refractivity contribution in [2.75, 3.05) is 6.61 Å². The highest BCUT2D eigenvalue weighted by Crippen LogP contribution is 2.13. The molecule has 1 heterocycles. The maximum atomic E-state index is 5.64. The van der Waals surface area contributed by atoms with Crippen molar-refractivity contribution in [3.63, 3.8) is 0 Å². The van der Waals surface area contributed by atoms with Gasteiger partial charge in [0, 0.05) is 6.54 Å². The van der Waals surface area contributed by atoms with Gasteiger partial charge in [-0.25, -0.2) is 4.98 Å². The van der Waals surface area contributed by atoms with Crippen molar-refractivity contribution in [2.24, 2.45) is 0 Å². The Morgan fingerprint density at radius 3 is 2.75 bits per heavy atom. The molecule has 0 aliphatic heterocycles. The van der Waals surface area contributed by atoms with Gasteiger partial charge >= 0.3 is 0 Å². The Hall–Kier alpha value is -1.88. The Morgan fingerprint density at radius 2 is 2.10 bits per heavy atom. The van der Waals surface area contributed by atoms with Crippen LogP contribution in [-0.2, 0) is 6.54 Å². The first kappa shape index (κ1) is 14.5. The summed E-state index contributed by atoms with van der Waals surface area (Å²) in [6, 6.07) is 8.36. The van der Waals surface area contributed by atoms with Crippen molar-refractivity contribution in [1.82, 2.24) is 20.5 Å². The highest BCUT2D eigenvalue weighted by Gasteiger charge is 2.07. The number of aromatic amines is 1. The number of rotatable bonds is 8. The molecule has 1 aromatic heterocycles. The first-order valence-corrected chi connectivity index (χ1v) is 7.10. The number of hydrogen-bond donors (Lipinski definition) is 2. The van der Waals surface area contributed by atoms with Gasteiger partial charge in [0.25, 0.3) is 0 Å². The Morgan fingerprint density at radius 1 is 1.30 bits per heavy atom. The standard InChI is InChI=1S/C15H22N4O/c1-3-4-9-20-14-7-5-13(6-8-14)10-16-12(2)15-17-11-18-19-15/h5-8,11-12,16H,3-4,9-10H2,1-2H3,(H,17,18,19). The number of unbranched alkanes of at least 4 members (excludes halogenated alkanes) is 1. The van der Waals surface area contributed by atoms with Crippen molar-refractivity contribution in [1.29, 1.82) is 0 Å². The Bertz CT molecular complexity index is 481. The van der Waals surface area contributed by atoms with Crippen LogP contribution in [-0.4, -0.2) is 21.8 Å². The van der Waals surface area contributed by atoms with E-state index in [1.54, 1.807) is 0 Å². The van der Waals surface area contributed by atoms with E-state index in [2.05, 4.69) is 46.5 Å². The topological polar surface area (TPSA) is 62.8 Å². The summed E-state index contributed by atoms with van der Waals surface area (Å²) in [5, 5.41) is 10.1. The molecular formula is C15H22N4O. The van der Waals surface area contributed by atoms with Crippen molar-refractivity contribution < 1.29 is 4.74 Å². The lowest BCUT2D eigenvalue weighted by atomic mass is 10.2. The molecule has 0 saturated carbocycles. The number of benzene rings is 1. The highest BCUT2D eigenvalue weighted by atomic mass is 16.5. The Kier molecular flexibility index (Phi) is 5.55. The average molecular weight is 274 g/mol.